The molecule has 0 aliphatic carbocycles. The first-order valence-corrected chi connectivity index (χ1v) is 10.9. The number of hydrogen-bond acceptors (Lipinski definition) is 5. The highest BCUT2D eigenvalue weighted by molar-refractivity contribution is 7.89. The molecule has 0 fully saturated rings. The van der Waals surface area contributed by atoms with Crippen LogP contribution in [0.4, 0.5) is 5.69 Å². The summed E-state index contributed by atoms with van der Waals surface area (Å²) in [6.07, 6.45) is -0.185. The maximum atomic E-state index is 12.8. The molecule has 0 spiro atoms. The van der Waals surface area contributed by atoms with Crippen molar-refractivity contribution in [2.24, 2.45) is 0 Å². The Kier molecular flexibility index (Phi) is 8.33. The number of nitrogens with one attached hydrogen (secondary N) is 2. The Labute approximate surface area is 172 Å². The molecule has 0 aliphatic heterocycles. The predicted molar refractivity (Wildman–Crippen MR) is 112 cm³/mol. The van der Waals surface area contributed by atoms with Crippen molar-refractivity contribution in [1.82, 2.24) is 4.72 Å². The number of sulfonamides is 1. The summed E-state index contributed by atoms with van der Waals surface area (Å²) in [5.74, 6) is -0.139. The van der Waals surface area contributed by atoms with E-state index in [1.54, 1.807) is 26.0 Å². The van der Waals surface area contributed by atoms with Crippen LogP contribution in [0.2, 0.25) is 0 Å². The van der Waals surface area contributed by atoms with Crippen molar-refractivity contribution < 1.29 is 23.1 Å². The van der Waals surface area contributed by atoms with E-state index in [2.05, 4.69) is 10.0 Å². The second-order valence-corrected chi connectivity index (χ2v) is 8.46. The smallest absolute Gasteiger partial charge is 0.240 e. The molecule has 8 heteroatoms. The average molecular weight is 421 g/mol. The van der Waals surface area contributed by atoms with Crippen LogP contribution >= 0.6 is 0 Å². The molecule has 0 saturated heterocycles. The number of aryl methyl sites for hydroxylation is 2. The zero-order valence-corrected chi connectivity index (χ0v) is 17.8. The van der Waals surface area contributed by atoms with Gasteiger partial charge in [0, 0.05) is 18.7 Å². The van der Waals surface area contributed by atoms with Crippen LogP contribution in [0.3, 0.4) is 0 Å². The second-order valence-electron chi connectivity index (χ2n) is 6.73. The highest BCUT2D eigenvalue weighted by Crippen LogP contribution is 2.22. The van der Waals surface area contributed by atoms with Gasteiger partial charge in [0.2, 0.25) is 15.9 Å². The highest BCUT2D eigenvalue weighted by Gasteiger charge is 2.21. The summed E-state index contributed by atoms with van der Waals surface area (Å²) in [5, 5.41) is 11.8. The van der Waals surface area contributed by atoms with E-state index in [9.17, 15) is 13.2 Å². The summed E-state index contributed by atoms with van der Waals surface area (Å²) in [6, 6.07) is 12.3. The Morgan fingerprint density at radius 1 is 1.14 bits per heavy atom. The third kappa shape index (κ3) is 6.64. The van der Waals surface area contributed by atoms with Crippen LogP contribution in [0.5, 0.6) is 0 Å². The van der Waals surface area contributed by atoms with E-state index >= 15 is 0 Å². The van der Waals surface area contributed by atoms with E-state index in [0.29, 0.717) is 17.7 Å². The third-order valence-corrected chi connectivity index (χ3v) is 5.97. The van der Waals surface area contributed by atoms with Gasteiger partial charge in [-0.05, 0) is 43.2 Å². The van der Waals surface area contributed by atoms with Crippen molar-refractivity contribution >= 4 is 21.6 Å². The zero-order valence-electron chi connectivity index (χ0n) is 16.9. The Morgan fingerprint density at radius 2 is 1.83 bits per heavy atom. The van der Waals surface area contributed by atoms with Gasteiger partial charge in [0.1, 0.15) is 0 Å². The number of carbonyl (C=O) groups is 1. The lowest BCUT2D eigenvalue weighted by Gasteiger charge is -2.19. The fourth-order valence-corrected chi connectivity index (χ4v) is 4.05. The maximum Gasteiger partial charge on any atom is 0.240 e. The molecule has 0 aliphatic rings. The van der Waals surface area contributed by atoms with Gasteiger partial charge in [-0.1, -0.05) is 36.8 Å². The Balaban J connectivity index is 2.15. The summed E-state index contributed by atoms with van der Waals surface area (Å²) < 4.78 is 33.8. The number of carbonyl (C=O) groups excluding carboxylic acids is 1. The van der Waals surface area contributed by atoms with Gasteiger partial charge in [-0.25, -0.2) is 13.1 Å². The van der Waals surface area contributed by atoms with Crippen molar-refractivity contribution in [3.63, 3.8) is 0 Å². The zero-order chi connectivity index (χ0) is 21.4. The van der Waals surface area contributed by atoms with E-state index in [-0.39, 0.29) is 30.6 Å². The van der Waals surface area contributed by atoms with Crippen molar-refractivity contribution in [2.75, 3.05) is 25.1 Å². The number of ether oxygens (including phenoxy) is 1. The Hall–Kier alpha value is -2.26. The van der Waals surface area contributed by atoms with E-state index in [1.807, 2.05) is 31.2 Å². The molecule has 0 aromatic heterocycles. The summed E-state index contributed by atoms with van der Waals surface area (Å²) >= 11 is 0. The minimum absolute atomic E-state index is 0.0269. The molecular weight excluding hydrogens is 392 g/mol. The molecule has 29 heavy (non-hydrogen) atoms. The van der Waals surface area contributed by atoms with Crippen LogP contribution in [-0.4, -0.2) is 39.2 Å². The van der Waals surface area contributed by atoms with Gasteiger partial charge in [0.25, 0.3) is 0 Å². The lowest BCUT2D eigenvalue weighted by molar-refractivity contribution is -0.115. The number of aliphatic hydroxyl groups excluding tert-OH is 1. The average Bonchev–Trinajstić information content (AvgIpc) is 2.68. The standard InChI is InChI=1S/C21H28N2O5S/c1-4-21(25)23-18-9-10-20(16(3)13-18)29(26,27)22-14-19(28-12-11-24)17-7-5-15(2)6-8-17/h5-10,13,19,22,24H,4,11-12,14H2,1-3H3,(H,23,25). The van der Waals surface area contributed by atoms with Crippen LogP contribution in [0, 0.1) is 13.8 Å². The van der Waals surface area contributed by atoms with Crippen molar-refractivity contribution in [1.29, 1.82) is 0 Å². The number of amides is 1. The summed E-state index contributed by atoms with van der Waals surface area (Å²) in [6.45, 7) is 5.36. The van der Waals surface area contributed by atoms with Crippen molar-refractivity contribution in [2.45, 2.75) is 38.2 Å². The molecule has 3 N–H and O–H groups in total. The largest absolute Gasteiger partial charge is 0.394 e. The van der Waals surface area contributed by atoms with Crippen LogP contribution in [-0.2, 0) is 19.6 Å². The first kappa shape index (κ1) is 23.0. The van der Waals surface area contributed by atoms with Crippen LogP contribution < -0.4 is 10.0 Å². The molecular formula is C21H28N2O5S. The topological polar surface area (TPSA) is 105 Å². The number of benzene rings is 2. The van der Waals surface area contributed by atoms with E-state index < -0.39 is 16.1 Å². The number of anilines is 1. The number of hydrogen-bond donors (Lipinski definition) is 3. The number of rotatable bonds is 10. The molecule has 1 unspecified atom stereocenters. The fraction of sp³-hybridized carbons (Fsp3) is 0.381. The maximum absolute atomic E-state index is 12.8. The predicted octanol–water partition coefficient (Wildman–Crippen LogP) is 2.68. The SMILES string of the molecule is CCC(=O)Nc1ccc(S(=O)(=O)NCC(OCCO)c2ccc(C)cc2)c(C)c1. The first-order chi connectivity index (χ1) is 13.8. The van der Waals surface area contributed by atoms with Gasteiger partial charge >= 0.3 is 0 Å². The third-order valence-electron chi connectivity index (χ3n) is 4.39. The van der Waals surface area contributed by atoms with E-state index in [1.165, 1.54) is 6.07 Å². The monoisotopic (exact) mass is 420 g/mol. The second kappa shape index (κ2) is 10.5. The van der Waals surface area contributed by atoms with Crippen molar-refractivity contribution in [3.05, 3.63) is 59.2 Å². The van der Waals surface area contributed by atoms with Gasteiger partial charge in [-0.3, -0.25) is 4.79 Å². The Morgan fingerprint density at radius 3 is 2.41 bits per heavy atom. The molecule has 1 amide bonds. The Bertz CT molecular complexity index is 927. The molecule has 158 valence electrons. The first-order valence-electron chi connectivity index (χ1n) is 9.46. The lowest BCUT2D eigenvalue weighted by atomic mass is 10.1. The lowest BCUT2D eigenvalue weighted by Crippen LogP contribution is -2.30. The van der Waals surface area contributed by atoms with Gasteiger partial charge in [0.15, 0.2) is 0 Å². The normalized spacial score (nSPS) is 12.6. The fourth-order valence-electron chi connectivity index (χ4n) is 2.79. The summed E-state index contributed by atoms with van der Waals surface area (Å²) in [7, 11) is -3.78. The van der Waals surface area contributed by atoms with Crippen molar-refractivity contribution in [3.8, 4) is 0 Å². The minimum Gasteiger partial charge on any atom is -0.394 e. The quantitative estimate of drug-likeness (QED) is 0.548. The van der Waals surface area contributed by atoms with E-state index in [4.69, 9.17) is 9.84 Å². The summed E-state index contributed by atoms with van der Waals surface area (Å²) in [4.78, 5) is 11.7. The molecule has 2 rings (SSSR count). The van der Waals surface area contributed by atoms with Gasteiger partial charge in [-0.15, -0.1) is 0 Å². The highest BCUT2D eigenvalue weighted by atomic mass is 32.2. The molecule has 0 heterocycles. The van der Waals surface area contributed by atoms with Gasteiger partial charge < -0.3 is 15.2 Å². The summed E-state index contributed by atoms with van der Waals surface area (Å²) in [5.41, 5.74) is 2.98. The molecule has 7 nitrogen and oxygen atoms in total. The minimum atomic E-state index is -3.78. The van der Waals surface area contributed by atoms with Crippen LogP contribution in [0.25, 0.3) is 0 Å². The van der Waals surface area contributed by atoms with Gasteiger partial charge in [0.05, 0.1) is 24.2 Å². The molecule has 0 radical (unpaired) electrons. The molecule has 0 bridgehead atoms. The van der Waals surface area contributed by atoms with Crippen LogP contribution in [0.1, 0.15) is 36.1 Å². The molecule has 2 aromatic carbocycles. The van der Waals surface area contributed by atoms with Gasteiger partial charge in [-0.2, -0.15) is 0 Å². The van der Waals surface area contributed by atoms with E-state index in [0.717, 1.165) is 11.1 Å². The molecule has 1 atom stereocenters. The van der Waals surface area contributed by atoms with Crippen LogP contribution in [0.15, 0.2) is 47.4 Å². The molecule has 2 aromatic rings. The number of aliphatic hydroxyl groups is 1. The molecule has 0 saturated carbocycles.